The van der Waals surface area contributed by atoms with Crippen molar-refractivity contribution in [3.05, 3.63) is 69.9 Å². The first-order valence-electron chi connectivity index (χ1n) is 8.99. The molecule has 1 heterocycles. The van der Waals surface area contributed by atoms with Crippen LogP contribution in [0.2, 0.25) is 5.02 Å². The average Bonchev–Trinajstić information content (AvgIpc) is 2.72. The number of fused-ring (bicyclic) bond motifs is 1. The Balaban J connectivity index is 1.78. The van der Waals surface area contributed by atoms with Crippen LogP contribution in [0.4, 0.5) is 5.69 Å². The Morgan fingerprint density at radius 3 is 2.72 bits per heavy atom. The van der Waals surface area contributed by atoms with E-state index in [9.17, 15) is 9.59 Å². The van der Waals surface area contributed by atoms with E-state index in [2.05, 4.69) is 10.3 Å². The van der Waals surface area contributed by atoms with Crippen LogP contribution in [-0.2, 0) is 16.0 Å². The summed E-state index contributed by atoms with van der Waals surface area (Å²) in [5, 5.41) is 12.9. The lowest BCUT2D eigenvalue weighted by molar-refractivity contribution is -0.119. The number of nitrogens with zero attached hydrogens (tertiary/aromatic N) is 2. The number of nitrogens with one attached hydrogen (secondary N) is 1. The van der Waals surface area contributed by atoms with Crippen LogP contribution in [0.3, 0.4) is 0 Å². The molecule has 7 heteroatoms. The molecule has 3 aromatic rings. The van der Waals surface area contributed by atoms with Gasteiger partial charge in [-0.2, -0.15) is 5.26 Å². The molecule has 29 heavy (non-hydrogen) atoms. The number of ether oxygens (including phenoxy) is 1. The lowest BCUT2D eigenvalue weighted by Crippen LogP contribution is -2.22. The van der Waals surface area contributed by atoms with Crippen LogP contribution in [0, 0.1) is 18.3 Å². The van der Waals surface area contributed by atoms with Crippen molar-refractivity contribution < 1.29 is 14.3 Å². The highest BCUT2D eigenvalue weighted by molar-refractivity contribution is 6.31. The van der Waals surface area contributed by atoms with Crippen LogP contribution < -0.4 is 5.32 Å². The first kappa shape index (κ1) is 20.3. The van der Waals surface area contributed by atoms with Crippen LogP contribution in [0.1, 0.15) is 34.1 Å². The third-order valence-corrected chi connectivity index (χ3v) is 4.71. The summed E-state index contributed by atoms with van der Waals surface area (Å²) < 4.78 is 5.23. The van der Waals surface area contributed by atoms with Gasteiger partial charge in [0.15, 0.2) is 6.61 Å². The second kappa shape index (κ2) is 8.72. The lowest BCUT2D eigenvalue weighted by Gasteiger charge is -2.13. The minimum absolute atomic E-state index is 0.261. The standard InChI is InChI=1S/C22H18ClN3O3/c1-3-17-21(13(2)16-6-4-5-7-18(16)25-17)22(28)29-12-20(27)26-19-10-15(23)9-8-14(19)11-24/h4-10H,3,12H2,1-2H3,(H,26,27). The van der Waals surface area contributed by atoms with Gasteiger partial charge in [0, 0.05) is 10.4 Å². The molecule has 0 spiro atoms. The first-order chi connectivity index (χ1) is 13.9. The number of hydrogen-bond donors (Lipinski definition) is 1. The molecule has 3 rings (SSSR count). The molecule has 146 valence electrons. The van der Waals surface area contributed by atoms with Gasteiger partial charge in [0.2, 0.25) is 0 Å². The SMILES string of the molecule is CCc1nc2ccccc2c(C)c1C(=O)OCC(=O)Nc1cc(Cl)ccc1C#N. The van der Waals surface area contributed by atoms with Crippen LogP contribution in [0.15, 0.2) is 42.5 Å². The molecule has 1 N–H and O–H groups in total. The van der Waals surface area contributed by atoms with Gasteiger partial charge < -0.3 is 10.1 Å². The molecule has 0 atom stereocenters. The number of carbonyl (C=O) groups is 2. The van der Waals surface area contributed by atoms with Crippen molar-refractivity contribution in [1.82, 2.24) is 4.98 Å². The molecule has 0 unspecified atom stereocenters. The van der Waals surface area contributed by atoms with Crippen molar-refractivity contribution in [3.63, 3.8) is 0 Å². The molecule has 0 aliphatic carbocycles. The zero-order valence-corrected chi connectivity index (χ0v) is 16.7. The smallest absolute Gasteiger partial charge is 0.340 e. The summed E-state index contributed by atoms with van der Waals surface area (Å²) >= 11 is 5.91. The van der Waals surface area contributed by atoms with E-state index in [1.165, 1.54) is 12.1 Å². The van der Waals surface area contributed by atoms with Gasteiger partial charge in [-0.1, -0.05) is 36.7 Å². The van der Waals surface area contributed by atoms with Crippen molar-refractivity contribution in [2.45, 2.75) is 20.3 Å². The quantitative estimate of drug-likeness (QED) is 0.632. The Bertz CT molecular complexity index is 1150. The molecule has 6 nitrogen and oxygen atoms in total. The Kier molecular flexibility index (Phi) is 6.10. The van der Waals surface area contributed by atoms with Crippen molar-refractivity contribution in [3.8, 4) is 6.07 Å². The molecular weight excluding hydrogens is 390 g/mol. The van der Waals surface area contributed by atoms with Gasteiger partial charge in [-0.25, -0.2) is 4.79 Å². The van der Waals surface area contributed by atoms with E-state index < -0.39 is 18.5 Å². The molecule has 0 fully saturated rings. The number of halogens is 1. The number of benzene rings is 2. The highest BCUT2D eigenvalue weighted by Crippen LogP contribution is 2.24. The zero-order valence-electron chi connectivity index (χ0n) is 16.0. The van der Waals surface area contributed by atoms with Crippen molar-refractivity contribution in [2.75, 3.05) is 11.9 Å². The second-order valence-corrected chi connectivity index (χ2v) is 6.79. The predicted molar refractivity (Wildman–Crippen MR) is 111 cm³/mol. The molecule has 0 aliphatic rings. The van der Waals surface area contributed by atoms with E-state index in [0.717, 1.165) is 16.5 Å². The van der Waals surface area contributed by atoms with Gasteiger partial charge in [0.1, 0.15) is 6.07 Å². The Hall–Kier alpha value is -3.43. The number of aromatic nitrogens is 1. The molecule has 0 saturated heterocycles. The van der Waals surface area contributed by atoms with E-state index in [-0.39, 0.29) is 11.3 Å². The minimum atomic E-state index is -0.612. The van der Waals surface area contributed by atoms with E-state index >= 15 is 0 Å². The first-order valence-corrected chi connectivity index (χ1v) is 9.37. The fourth-order valence-corrected chi connectivity index (χ4v) is 3.25. The van der Waals surface area contributed by atoms with E-state index in [0.29, 0.717) is 22.7 Å². The summed E-state index contributed by atoms with van der Waals surface area (Å²) in [6.07, 6.45) is 0.552. The number of carbonyl (C=O) groups excluding carboxylic acids is 2. The summed E-state index contributed by atoms with van der Waals surface area (Å²) in [4.78, 5) is 29.5. The monoisotopic (exact) mass is 407 g/mol. The molecule has 0 aliphatic heterocycles. The molecule has 0 bridgehead atoms. The second-order valence-electron chi connectivity index (χ2n) is 6.36. The highest BCUT2D eigenvalue weighted by atomic mass is 35.5. The number of nitriles is 1. The van der Waals surface area contributed by atoms with E-state index in [1.807, 2.05) is 44.2 Å². The fraction of sp³-hybridized carbons (Fsp3) is 0.182. The Morgan fingerprint density at radius 1 is 1.24 bits per heavy atom. The number of pyridine rings is 1. The van der Waals surface area contributed by atoms with Gasteiger partial charge in [-0.15, -0.1) is 0 Å². The molecule has 0 radical (unpaired) electrons. The zero-order chi connectivity index (χ0) is 21.0. The van der Waals surface area contributed by atoms with Gasteiger partial charge in [0.25, 0.3) is 5.91 Å². The number of para-hydroxylation sites is 1. The Morgan fingerprint density at radius 2 is 2.00 bits per heavy atom. The van der Waals surface area contributed by atoms with Crippen LogP contribution in [0.25, 0.3) is 10.9 Å². The minimum Gasteiger partial charge on any atom is -0.452 e. The topological polar surface area (TPSA) is 92.1 Å². The average molecular weight is 408 g/mol. The maximum atomic E-state index is 12.7. The molecule has 1 aromatic heterocycles. The molecular formula is C22H18ClN3O3. The third kappa shape index (κ3) is 4.36. The van der Waals surface area contributed by atoms with E-state index in [4.69, 9.17) is 21.6 Å². The number of aryl methyl sites for hydroxylation is 2. The number of esters is 1. The maximum absolute atomic E-state index is 12.7. The molecule has 2 aromatic carbocycles. The number of rotatable bonds is 5. The summed E-state index contributed by atoms with van der Waals surface area (Å²) in [5.41, 5.74) is 3.09. The van der Waals surface area contributed by atoms with Gasteiger partial charge >= 0.3 is 5.97 Å². The van der Waals surface area contributed by atoms with Crippen LogP contribution >= 0.6 is 11.6 Å². The maximum Gasteiger partial charge on any atom is 0.340 e. The van der Waals surface area contributed by atoms with E-state index in [1.54, 1.807) is 6.07 Å². The van der Waals surface area contributed by atoms with Crippen LogP contribution in [-0.4, -0.2) is 23.5 Å². The summed E-state index contributed by atoms with van der Waals surface area (Å²) in [6, 6.07) is 14.0. The summed E-state index contributed by atoms with van der Waals surface area (Å²) in [7, 11) is 0. The van der Waals surface area contributed by atoms with Crippen molar-refractivity contribution in [2.24, 2.45) is 0 Å². The predicted octanol–water partition coefficient (Wildman–Crippen LogP) is 4.43. The molecule has 0 saturated carbocycles. The Labute approximate surface area is 173 Å². The van der Waals surface area contributed by atoms with Gasteiger partial charge in [-0.3, -0.25) is 9.78 Å². The molecule has 1 amide bonds. The fourth-order valence-electron chi connectivity index (χ4n) is 3.07. The highest BCUT2D eigenvalue weighted by Gasteiger charge is 2.20. The third-order valence-electron chi connectivity index (χ3n) is 4.48. The normalized spacial score (nSPS) is 10.4. The van der Waals surface area contributed by atoms with Gasteiger partial charge in [0.05, 0.1) is 28.0 Å². The number of hydrogen-bond acceptors (Lipinski definition) is 5. The van der Waals surface area contributed by atoms with Crippen molar-refractivity contribution in [1.29, 1.82) is 5.26 Å². The lowest BCUT2D eigenvalue weighted by atomic mass is 10.0. The largest absolute Gasteiger partial charge is 0.452 e. The van der Waals surface area contributed by atoms with Crippen LogP contribution in [0.5, 0.6) is 0 Å². The number of anilines is 1. The summed E-state index contributed by atoms with van der Waals surface area (Å²) in [5.74, 6) is -1.18. The summed E-state index contributed by atoms with van der Waals surface area (Å²) in [6.45, 7) is 3.25. The van der Waals surface area contributed by atoms with Gasteiger partial charge in [-0.05, 0) is 43.2 Å². The number of amides is 1. The van der Waals surface area contributed by atoms with Crippen molar-refractivity contribution >= 4 is 40.1 Å².